The van der Waals surface area contributed by atoms with E-state index in [9.17, 15) is 9.59 Å². The average molecular weight is 348 g/mol. The van der Waals surface area contributed by atoms with E-state index in [1.807, 2.05) is 67.6 Å². The highest BCUT2D eigenvalue weighted by Crippen LogP contribution is 2.43. The van der Waals surface area contributed by atoms with Gasteiger partial charge < -0.3 is 4.74 Å². The summed E-state index contributed by atoms with van der Waals surface area (Å²) in [6, 6.07) is 19.1. The van der Waals surface area contributed by atoms with Gasteiger partial charge in [-0.3, -0.25) is 9.59 Å². The largest absolute Gasteiger partial charge is 0.453 e. The molecule has 0 aromatic heterocycles. The van der Waals surface area contributed by atoms with Gasteiger partial charge in [0.2, 0.25) is 0 Å². The fourth-order valence-electron chi connectivity index (χ4n) is 3.89. The van der Waals surface area contributed by atoms with Crippen LogP contribution in [-0.4, -0.2) is 11.8 Å². The van der Waals surface area contributed by atoms with Gasteiger partial charge in [-0.15, -0.1) is 6.58 Å². The summed E-state index contributed by atoms with van der Waals surface area (Å²) in [4.78, 5) is 26.0. The first-order valence-corrected chi connectivity index (χ1v) is 9.10. The minimum atomic E-state index is -0.858. The third-order valence-corrected chi connectivity index (χ3v) is 5.11. The molecule has 0 aliphatic carbocycles. The zero-order valence-corrected chi connectivity index (χ0v) is 15.1. The molecule has 2 aromatic rings. The lowest BCUT2D eigenvalue weighted by molar-refractivity contribution is -0.180. The molecule has 3 nitrogen and oxygen atoms in total. The predicted octanol–water partition coefficient (Wildman–Crippen LogP) is 4.78. The number of cyclic esters (lactones) is 1. The second-order valence-corrected chi connectivity index (χ2v) is 6.82. The van der Waals surface area contributed by atoms with E-state index in [4.69, 9.17) is 4.74 Å². The monoisotopic (exact) mass is 348 g/mol. The smallest absolute Gasteiger partial charge is 0.318 e. The third-order valence-electron chi connectivity index (χ3n) is 5.11. The lowest BCUT2D eigenvalue weighted by Gasteiger charge is -2.40. The normalized spacial score (nSPS) is 24.0. The number of ketones is 1. The molecule has 26 heavy (non-hydrogen) atoms. The van der Waals surface area contributed by atoms with Crippen LogP contribution in [-0.2, 0) is 19.9 Å². The molecule has 1 aliphatic rings. The molecule has 1 aliphatic heterocycles. The summed E-state index contributed by atoms with van der Waals surface area (Å²) >= 11 is 0. The summed E-state index contributed by atoms with van der Waals surface area (Å²) in [7, 11) is 0. The zero-order valence-electron chi connectivity index (χ0n) is 15.1. The van der Waals surface area contributed by atoms with Crippen molar-refractivity contribution in [3.8, 4) is 0 Å². The van der Waals surface area contributed by atoms with E-state index in [0.717, 1.165) is 17.5 Å². The van der Waals surface area contributed by atoms with Crippen LogP contribution < -0.4 is 0 Å². The van der Waals surface area contributed by atoms with Crippen molar-refractivity contribution in [2.75, 3.05) is 0 Å². The number of carbonyl (C=O) groups is 2. The summed E-state index contributed by atoms with van der Waals surface area (Å²) < 4.78 is 5.98. The Kier molecular flexibility index (Phi) is 5.36. The maximum Gasteiger partial charge on any atom is 0.318 e. The molecule has 2 aromatic carbocycles. The van der Waals surface area contributed by atoms with Crippen LogP contribution in [0.2, 0.25) is 0 Å². The van der Waals surface area contributed by atoms with Crippen molar-refractivity contribution in [3.05, 3.63) is 84.4 Å². The molecule has 3 heteroatoms. The van der Waals surface area contributed by atoms with Gasteiger partial charge in [0, 0.05) is 5.92 Å². The Bertz CT molecular complexity index is 762. The molecule has 0 N–H and O–H groups in total. The average Bonchev–Trinajstić information content (AvgIpc) is 2.66. The van der Waals surface area contributed by atoms with Gasteiger partial charge in [0.1, 0.15) is 11.5 Å². The number of ether oxygens (including phenoxy) is 1. The highest BCUT2D eigenvalue weighted by molar-refractivity contribution is 6.03. The summed E-state index contributed by atoms with van der Waals surface area (Å²) in [5, 5.41) is 0. The van der Waals surface area contributed by atoms with Crippen molar-refractivity contribution in [2.24, 2.45) is 5.92 Å². The minimum Gasteiger partial charge on any atom is -0.453 e. The summed E-state index contributed by atoms with van der Waals surface area (Å²) in [6.45, 7) is 5.89. The number of esters is 1. The quantitative estimate of drug-likeness (QED) is 0.428. The van der Waals surface area contributed by atoms with Crippen LogP contribution >= 0.6 is 0 Å². The number of hydrogen-bond donors (Lipinski definition) is 0. The van der Waals surface area contributed by atoms with Crippen LogP contribution in [0, 0.1) is 5.92 Å². The number of allylic oxidation sites excluding steroid dienone is 1. The first kappa shape index (κ1) is 18.1. The number of rotatable bonds is 6. The maximum absolute atomic E-state index is 13.1. The van der Waals surface area contributed by atoms with E-state index in [0.29, 0.717) is 6.42 Å². The zero-order chi connectivity index (χ0) is 18.6. The lowest BCUT2D eigenvalue weighted by atomic mass is 9.74. The topological polar surface area (TPSA) is 43.4 Å². The molecule has 0 amide bonds. The van der Waals surface area contributed by atoms with E-state index in [-0.39, 0.29) is 18.1 Å². The Morgan fingerprint density at radius 3 is 2.27 bits per heavy atom. The predicted molar refractivity (Wildman–Crippen MR) is 102 cm³/mol. The molecule has 0 spiro atoms. The fraction of sp³-hybridized carbons (Fsp3) is 0.304. The molecule has 0 saturated carbocycles. The van der Waals surface area contributed by atoms with Gasteiger partial charge in [-0.25, -0.2) is 0 Å². The molecular weight excluding hydrogens is 324 g/mol. The molecule has 3 rings (SSSR count). The van der Waals surface area contributed by atoms with Gasteiger partial charge >= 0.3 is 5.97 Å². The summed E-state index contributed by atoms with van der Waals surface area (Å²) in [5.41, 5.74) is 0.931. The molecule has 1 fully saturated rings. The van der Waals surface area contributed by atoms with Crippen LogP contribution in [0.15, 0.2) is 73.3 Å². The van der Waals surface area contributed by atoms with Crippen LogP contribution in [0.25, 0.3) is 0 Å². The first-order valence-electron chi connectivity index (χ1n) is 9.10. The van der Waals surface area contributed by atoms with Crippen LogP contribution in [0.4, 0.5) is 0 Å². The fourth-order valence-corrected chi connectivity index (χ4v) is 3.89. The minimum absolute atomic E-state index is 0.0766. The number of benzene rings is 2. The Morgan fingerprint density at radius 2 is 1.73 bits per heavy atom. The van der Waals surface area contributed by atoms with Gasteiger partial charge in [0.15, 0.2) is 5.78 Å². The van der Waals surface area contributed by atoms with Crippen molar-refractivity contribution >= 4 is 11.8 Å². The van der Waals surface area contributed by atoms with E-state index < -0.39 is 17.5 Å². The SMILES string of the molecule is C=CC(c1ccccc1)C1C(=O)CC(CCC)(c2ccccc2)OC1=O. The number of Topliss-reactive ketones (excluding diaryl/α,β-unsaturated/α-hetero) is 1. The highest BCUT2D eigenvalue weighted by atomic mass is 16.6. The Morgan fingerprint density at radius 1 is 1.12 bits per heavy atom. The van der Waals surface area contributed by atoms with Gasteiger partial charge in [-0.05, 0) is 17.5 Å². The lowest BCUT2D eigenvalue weighted by Crippen LogP contribution is -2.47. The maximum atomic E-state index is 13.1. The van der Waals surface area contributed by atoms with Crippen molar-refractivity contribution in [2.45, 2.75) is 37.7 Å². The van der Waals surface area contributed by atoms with Crippen molar-refractivity contribution < 1.29 is 14.3 Å². The summed E-state index contributed by atoms with van der Waals surface area (Å²) in [6.07, 6.45) is 3.34. The van der Waals surface area contributed by atoms with E-state index in [1.165, 1.54) is 0 Å². The molecule has 0 bridgehead atoms. The molecule has 3 unspecified atom stereocenters. The van der Waals surface area contributed by atoms with Gasteiger partial charge in [0.25, 0.3) is 0 Å². The van der Waals surface area contributed by atoms with Gasteiger partial charge in [-0.1, -0.05) is 80.1 Å². The van der Waals surface area contributed by atoms with E-state index in [2.05, 4.69) is 6.58 Å². The van der Waals surface area contributed by atoms with Crippen LogP contribution in [0.5, 0.6) is 0 Å². The molecular formula is C23H24O3. The Labute approximate surface area is 154 Å². The van der Waals surface area contributed by atoms with Crippen molar-refractivity contribution in [3.63, 3.8) is 0 Å². The van der Waals surface area contributed by atoms with Gasteiger partial charge in [-0.2, -0.15) is 0 Å². The third kappa shape index (κ3) is 3.34. The molecule has 134 valence electrons. The number of hydrogen-bond acceptors (Lipinski definition) is 3. The second kappa shape index (κ2) is 7.69. The molecule has 0 radical (unpaired) electrons. The molecule has 3 atom stereocenters. The van der Waals surface area contributed by atoms with Crippen molar-refractivity contribution in [1.29, 1.82) is 0 Å². The Balaban J connectivity index is 1.94. The Hall–Kier alpha value is -2.68. The van der Waals surface area contributed by atoms with Gasteiger partial charge in [0.05, 0.1) is 6.42 Å². The standard InChI is InChI=1S/C23H24O3/c1-3-15-23(18-13-9-6-10-14-18)16-20(24)21(22(25)26-23)19(4-2)17-11-7-5-8-12-17/h4-14,19,21H,2-3,15-16H2,1H3. The number of carbonyl (C=O) groups excluding carboxylic acids is 2. The first-order chi connectivity index (χ1) is 12.6. The van der Waals surface area contributed by atoms with Crippen LogP contribution in [0.3, 0.4) is 0 Å². The van der Waals surface area contributed by atoms with E-state index >= 15 is 0 Å². The van der Waals surface area contributed by atoms with E-state index in [1.54, 1.807) is 6.08 Å². The van der Waals surface area contributed by atoms with Crippen LogP contribution in [0.1, 0.15) is 43.2 Å². The highest BCUT2D eigenvalue weighted by Gasteiger charge is 2.49. The van der Waals surface area contributed by atoms with Crippen molar-refractivity contribution in [1.82, 2.24) is 0 Å². The second-order valence-electron chi connectivity index (χ2n) is 6.82. The molecule has 1 heterocycles. The molecule has 1 saturated heterocycles. The summed E-state index contributed by atoms with van der Waals surface area (Å²) in [5.74, 6) is -1.73.